The van der Waals surface area contributed by atoms with Crippen molar-refractivity contribution < 1.29 is 41.4 Å². The number of aromatic nitrogens is 2. The van der Waals surface area contributed by atoms with E-state index in [4.69, 9.17) is 14.2 Å². The molecule has 0 aliphatic heterocycles. The Kier molecular flexibility index (Phi) is 10.4. The van der Waals surface area contributed by atoms with Crippen LogP contribution >= 0.6 is 0 Å². The summed E-state index contributed by atoms with van der Waals surface area (Å²) in [5, 5.41) is 5.32. The van der Waals surface area contributed by atoms with Gasteiger partial charge < -0.3 is 24.8 Å². The highest BCUT2D eigenvalue weighted by Gasteiger charge is 2.24. The Morgan fingerprint density at radius 1 is 0.872 bits per heavy atom. The van der Waals surface area contributed by atoms with Crippen molar-refractivity contribution in [3.63, 3.8) is 0 Å². The number of fused-ring (bicyclic) bond motifs is 1. The van der Waals surface area contributed by atoms with Crippen LogP contribution in [0.3, 0.4) is 0 Å². The maximum absolute atomic E-state index is 14.2. The van der Waals surface area contributed by atoms with Gasteiger partial charge in [-0.25, -0.2) is 27.3 Å². The summed E-state index contributed by atoms with van der Waals surface area (Å²) >= 11 is 0. The van der Waals surface area contributed by atoms with Crippen LogP contribution in [0.5, 0.6) is 11.5 Å². The molecule has 9 nitrogen and oxygen atoms in total. The van der Waals surface area contributed by atoms with E-state index in [-0.39, 0.29) is 53.9 Å². The van der Waals surface area contributed by atoms with E-state index in [9.17, 15) is 27.2 Å². The van der Waals surface area contributed by atoms with Gasteiger partial charge in [-0.1, -0.05) is 43.0 Å². The third kappa shape index (κ3) is 8.06. The summed E-state index contributed by atoms with van der Waals surface area (Å²) < 4.78 is 73.5. The van der Waals surface area contributed by atoms with E-state index in [2.05, 4.69) is 22.2 Å². The van der Waals surface area contributed by atoms with Gasteiger partial charge in [-0.2, -0.15) is 0 Å². The number of amides is 2. The molecule has 0 aliphatic carbocycles. The maximum atomic E-state index is 14.2. The average molecular weight is 649 g/mol. The number of hydrogen-bond acceptors (Lipinski definition) is 6. The Morgan fingerprint density at radius 3 is 2.36 bits per heavy atom. The van der Waals surface area contributed by atoms with E-state index in [0.29, 0.717) is 0 Å². The second-order valence-corrected chi connectivity index (χ2v) is 10.1. The predicted octanol–water partition coefficient (Wildman–Crippen LogP) is 6.22. The van der Waals surface area contributed by atoms with Crippen molar-refractivity contribution in [2.45, 2.75) is 19.3 Å². The molecule has 13 heteroatoms. The second kappa shape index (κ2) is 15.0. The first-order valence-corrected chi connectivity index (χ1v) is 14.3. The number of ether oxygens (including phenoxy) is 3. The summed E-state index contributed by atoms with van der Waals surface area (Å²) in [6, 6.07) is 17.6. The lowest BCUT2D eigenvalue weighted by Crippen LogP contribution is -2.47. The Labute approximate surface area is 266 Å². The molecule has 5 aromatic rings. The van der Waals surface area contributed by atoms with E-state index < -0.39 is 47.9 Å². The van der Waals surface area contributed by atoms with E-state index in [0.717, 1.165) is 29.8 Å². The number of nitrogens with zero attached hydrogens (tertiary/aromatic N) is 2. The van der Waals surface area contributed by atoms with Crippen LogP contribution in [0.4, 0.5) is 22.4 Å². The van der Waals surface area contributed by atoms with Gasteiger partial charge in [-0.15, -0.1) is 0 Å². The number of carbonyl (C=O) groups excluding carboxylic acids is 2. The highest BCUT2D eigenvalue weighted by atomic mass is 19.2. The number of hydrogen-bond donors (Lipinski definition) is 2. The molecule has 0 bridgehead atoms. The van der Waals surface area contributed by atoms with Gasteiger partial charge in [-0.3, -0.25) is 9.20 Å². The summed E-state index contributed by atoms with van der Waals surface area (Å²) in [5.41, 5.74) is 0.845. The molecule has 0 fully saturated rings. The quantitative estimate of drug-likeness (QED) is 0.147. The molecule has 0 radical (unpaired) electrons. The lowest BCUT2D eigenvalue weighted by molar-refractivity contribution is 0.0910. The minimum absolute atomic E-state index is 0.00746. The summed E-state index contributed by atoms with van der Waals surface area (Å²) in [5.74, 6) is -4.27. The Hall–Kier alpha value is -5.85. The van der Waals surface area contributed by atoms with Crippen molar-refractivity contribution in [1.82, 2.24) is 20.0 Å². The number of pyridine rings is 1. The Morgan fingerprint density at radius 2 is 1.64 bits per heavy atom. The van der Waals surface area contributed by atoms with Crippen molar-refractivity contribution in [3.05, 3.63) is 137 Å². The standard InChI is InChI=1S/C34H28F4N4O5/c1-2-29-31(42-15-7-12-30(32(42)41-29)46-20-24-25(35)10-6-11-26(24)36)33(43)40-22(19-45-23-13-14-27(37)28(38)16-23)17-39-34(44)47-18-21-8-4-3-5-9-21/h2-16,22H,1,17-20H2,(H,39,44)(H,40,43). The zero-order chi connectivity index (χ0) is 33.3. The fourth-order valence-corrected chi connectivity index (χ4v) is 4.51. The van der Waals surface area contributed by atoms with Crippen molar-refractivity contribution >= 4 is 23.7 Å². The third-order valence-electron chi connectivity index (χ3n) is 6.87. The predicted molar refractivity (Wildman–Crippen MR) is 164 cm³/mol. The van der Waals surface area contributed by atoms with Crippen LogP contribution in [0.25, 0.3) is 11.7 Å². The minimum Gasteiger partial charge on any atom is -0.491 e. The van der Waals surface area contributed by atoms with Crippen molar-refractivity contribution in [3.8, 4) is 11.5 Å². The summed E-state index contributed by atoms with van der Waals surface area (Å²) in [4.78, 5) is 30.6. The Bertz CT molecular complexity index is 1880. The van der Waals surface area contributed by atoms with Crippen molar-refractivity contribution in [2.24, 2.45) is 0 Å². The maximum Gasteiger partial charge on any atom is 0.407 e. The molecule has 242 valence electrons. The SMILES string of the molecule is C=Cc1nc2c(OCc3c(F)cccc3F)cccn2c1C(=O)NC(CNC(=O)OCc1ccccc1)COc1ccc(F)c(F)c1. The molecule has 1 atom stereocenters. The number of halogens is 4. The number of carbonyl (C=O) groups is 2. The monoisotopic (exact) mass is 648 g/mol. The molecule has 0 spiro atoms. The number of alkyl carbamates (subject to hydrolysis) is 1. The van der Waals surface area contributed by atoms with Crippen LogP contribution in [0.15, 0.2) is 91.6 Å². The largest absolute Gasteiger partial charge is 0.491 e. The number of imidazole rings is 1. The molecule has 0 aliphatic rings. The van der Waals surface area contributed by atoms with Gasteiger partial charge >= 0.3 is 6.09 Å². The minimum atomic E-state index is -1.12. The molecular weight excluding hydrogens is 620 g/mol. The zero-order valence-electron chi connectivity index (χ0n) is 24.7. The molecule has 0 saturated carbocycles. The summed E-state index contributed by atoms with van der Waals surface area (Å²) in [7, 11) is 0. The first-order chi connectivity index (χ1) is 22.7. The highest BCUT2D eigenvalue weighted by Crippen LogP contribution is 2.25. The highest BCUT2D eigenvalue weighted by molar-refractivity contribution is 5.97. The molecule has 2 aromatic heterocycles. The van der Waals surface area contributed by atoms with Crippen molar-refractivity contribution in [1.29, 1.82) is 0 Å². The van der Waals surface area contributed by atoms with E-state index in [1.165, 1.54) is 34.9 Å². The normalized spacial score (nSPS) is 11.5. The lowest BCUT2D eigenvalue weighted by atomic mass is 10.2. The fourth-order valence-electron chi connectivity index (χ4n) is 4.51. The molecule has 5 rings (SSSR count). The molecule has 2 amide bonds. The van der Waals surface area contributed by atoms with Crippen LogP contribution in [0.1, 0.15) is 27.3 Å². The second-order valence-electron chi connectivity index (χ2n) is 10.1. The van der Waals surface area contributed by atoms with Gasteiger partial charge in [0.05, 0.1) is 17.3 Å². The molecule has 3 aromatic carbocycles. The molecular formula is C34H28F4N4O5. The van der Waals surface area contributed by atoms with E-state index >= 15 is 0 Å². The number of rotatable bonds is 13. The molecule has 0 saturated heterocycles. The van der Waals surface area contributed by atoms with Gasteiger partial charge in [0.1, 0.15) is 42.9 Å². The first kappa shape index (κ1) is 32.5. The van der Waals surface area contributed by atoms with Crippen LogP contribution in [-0.4, -0.2) is 40.6 Å². The van der Waals surface area contributed by atoms with Gasteiger partial charge in [0, 0.05) is 18.8 Å². The van der Waals surface area contributed by atoms with Crippen LogP contribution in [-0.2, 0) is 18.0 Å². The van der Waals surface area contributed by atoms with Gasteiger partial charge in [-0.05, 0) is 48.0 Å². The van der Waals surface area contributed by atoms with E-state index in [1.807, 2.05) is 6.07 Å². The smallest absolute Gasteiger partial charge is 0.407 e. The van der Waals surface area contributed by atoms with Gasteiger partial charge in [0.2, 0.25) is 0 Å². The molecule has 47 heavy (non-hydrogen) atoms. The zero-order valence-corrected chi connectivity index (χ0v) is 24.7. The Balaban J connectivity index is 1.33. The number of benzene rings is 3. The first-order valence-electron chi connectivity index (χ1n) is 14.3. The lowest BCUT2D eigenvalue weighted by Gasteiger charge is -2.20. The van der Waals surface area contributed by atoms with Crippen LogP contribution < -0.4 is 20.1 Å². The molecule has 1 unspecified atom stereocenters. The van der Waals surface area contributed by atoms with Gasteiger partial charge in [0.15, 0.2) is 23.0 Å². The number of nitrogens with one attached hydrogen (secondary N) is 2. The molecule has 2 heterocycles. The van der Waals surface area contributed by atoms with Crippen LogP contribution in [0, 0.1) is 23.3 Å². The van der Waals surface area contributed by atoms with E-state index in [1.54, 1.807) is 30.3 Å². The fraction of sp³-hybridized carbons (Fsp3) is 0.147. The molecule has 2 N–H and O–H groups in total. The van der Waals surface area contributed by atoms with Crippen LogP contribution in [0.2, 0.25) is 0 Å². The van der Waals surface area contributed by atoms with Gasteiger partial charge in [0.25, 0.3) is 5.91 Å². The van der Waals surface area contributed by atoms with Crippen molar-refractivity contribution in [2.75, 3.05) is 13.2 Å². The topological polar surface area (TPSA) is 103 Å². The summed E-state index contributed by atoms with van der Waals surface area (Å²) in [6.45, 7) is 2.86. The summed E-state index contributed by atoms with van der Waals surface area (Å²) in [6.07, 6.45) is 2.11. The average Bonchev–Trinajstić information content (AvgIpc) is 3.46. The third-order valence-corrected chi connectivity index (χ3v) is 6.87.